The highest BCUT2D eigenvalue weighted by Gasteiger charge is 2.36. The Hall–Kier alpha value is -0.775. The predicted octanol–water partition coefficient (Wildman–Crippen LogP) is 3.96. The quantitative estimate of drug-likeness (QED) is 0.221. The first-order valence-corrected chi connectivity index (χ1v) is 10.4. The Morgan fingerprint density at radius 2 is 1.75 bits per heavy atom. The van der Waals surface area contributed by atoms with Crippen molar-refractivity contribution in [1.29, 1.82) is 0 Å². The van der Waals surface area contributed by atoms with Crippen LogP contribution in [0.4, 0.5) is 8.78 Å². The van der Waals surface area contributed by atoms with Crippen LogP contribution < -0.4 is 0 Å². The fraction of sp³-hybridized carbons (Fsp3) is 0.579. The van der Waals surface area contributed by atoms with Crippen molar-refractivity contribution in [2.24, 2.45) is 0 Å². The normalized spacial score (nSPS) is 19.9. The van der Waals surface area contributed by atoms with Gasteiger partial charge in [-0.05, 0) is 46.8 Å². The lowest BCUT2D eigenvalue weighted by Gasteiger charge is -2.30. The molecule has 0 amide bonds. The van der Waals surface area contributed by atoms with Gasteiger partial charge in [0.15, 0.2) is 17.4 Å². The zero-order chi connectivity index (χ0) is 21.7. The van der Waals surface area contributed by atoms with Gasteiger partial charge >= 0.3 is 0 Å². The van der Waals surface area contributed by atoms with E-state index in [4.69, 9.17) is 21.6 Å². The maximum atomic E-state index is 14.3. The predicted molar refractivity (Wildman–Crippen MR) is 114 cm³/mol. The Morgan fingerprint density at radius 3 is 2.21 bits per heavy atom. The summed E-state index contributed by atoms with van der Waals surface area (Å²) in [5.74, 6) is 8.28. The van der Waals surface area contributed by atoms with Gasteiger partial charge in [-0.2, -0.15) is 0 Å². The summed E-state index contributed by atoms with van der Waals surface area (Å²) in [4.78, 5) is 0. The van der Waals surface area contributed by atoms with E-state index in [1.807, 2.05) is 0 Å². The largest absolute Gasteiger partial charge is 0.369 e. The summed E-state index contributed by atoms with van der Waals surface area (Å²) in [6.07, 6.45) is 6.50. The average molecular weight is 430 g/mol. The third-order valence-electron chi connectivity index (χ3n) is 2.91. The molecule has 0 aliphatic carbocycles. The minimum atomic E-state index is -2.66. The van der Waals surface area contributed by atoms with Crippen LogP contribution >= 0.6 is 17.6 Å². The van der Waals surface area contributed by atoms with Crippen LogP contribution in [0.3, 0.4) is 0 Å². The van der Waals surface area contributed by atoms with Crippen LogP contribution in [0.25, 0.3) is 0 Å². The van der Waals surface area contributed by atoms with E-state index in [-0.39, 0.29) is 0 Å². The Morgan fingerprint density at radius 1 is 1.14 bits per heavy atom. The third kappa shape index (κ3) is 10.1. The van der Waals surface area contributed by atoms with Gasteiger partial charge in [-0.1, -0.05) is 24.0 Å². The van der Waals surface area contributed by atoms with Crippen molar-refractivity contribution in [3.05, 3.63) is 24.3 Å². The lowest BCUT2D eigenvalue weighted by Crippen LogP contribution is -2.38. The van der Waals surface area contributed by atoms with Gasteiger partial charge in [-0.15, -0.1) is 11.8 Å². The molecule has 0 aliphatic rings. The van der Waals surface area contributed by atoms with Crippen LogP contribution in [0, 0.1) is 23.7 Å². The highest BCUT2D eigenvalue weighted by molar-refractivity contribution is 7.38. The molecule has 9 heteroatoms. The maximum absolute atomic E-state index is 14.3. The molecular formula is C19H27BF2O4P2. The second kappa shape index (κ2) is 13.4. The van der Waals surface area contributed by atoms with Crippen LogP contribution in [0.1, 0.15) is 34.6 Å². The van der Waals surface area contributed by atoms with Crippen LogP contribution in [0.2, 0.25) is 0 Å². The molecule has 0 saturated heterocycles. The first-order chi connectivity index (χ1) is 13.1. The molecule has 0 rings (SSSR count). The van der Waals surface area contributed by atoms with Gasteiger partial charge in [-0.3, -0.25) is 0 Å². The smallest absolute Gasteiger partial charge is 0.261 e. The van der Waals surface area contributed by atoms with Crippen molar-refractivity contribution in [2.75, 3.05) is 13.3 Å². The molecule has 0 aromatic rings. The molecule has 0 spiro atoms. The van der Waals surface area contributed by atoms with Crippen molar-refractivity contribution in [2.45, 2.75) is 57.2 Å². The molecule has 0 aromatic carbocycles. The number of halogens is 2. The third-order valence-corrected chi connectivity index (χ3v) is 5.13. The number of aliphatic hydroxyl groups is 1. The molecule has 4 nitrogen and oxygen atoms in total. The van der Waals surface area contributed by atoms with E-state index < -0.39 is 53.4 Å². The number of alkyl halides is 2. The van der Waals surface area contributed by atoms with Crippen molar-refractivity contribution >= 4 is 25.5 Å². The van der Waals surface area contributed by atoms with E-state index in [9.17, 15) is 13.9 Å². The summed E-state index contributed by atoms with van der Waals surface area (Å²) in [5.41, 5.74) is 0. The molecule has 0 saturated carbocycles. The minimum Gasteiger partial charge on any atom is -0.369 e. The average Bonchev–Trinajstić information content (AvgIpc) is 2.60. The molecule has 0 aromatic heterocycles. The number of rotatable bonds is 12. The summed E-state index contributed by atoms with van der Waals surface area (Å²) < 4.78 is 43.4. The summed E-state index contributed by atoms with van der Waals surface area (Å²) in [6.45, 7) is 6.01. The Labute approximate surface area is 172 Å². The van der Waals surface area contributed by atoms with Gasteiger partial charge < -0.3 is 18.9 Å². The number of hydrogen-bond acceptors (Lipinski definition) is 4. The molecule has 0 aliphatic heterocycles. The molecule has 6 atom stereocenters. The summed E-state index contributed by atoms with van der Waals surface area (Å²) in [6, 6.07) is -0.996. The van der Waals surface area contributed by atoms with Crippen molar-refractivity contribution in [3.63, 3.8) is 0 Å². The Balaban J connectivity index is 5.40. The summed E-state index contributed by atoms with van der Waals surface area (Å²) in [5, 5.41) is 7.84. The van der Waals surface area contributed by atoms with E-state index in [0.717, 1.165) is 0 Å². The first kappa shape index (κ1) is 27.2. The van der Waals surface area contributed by atoms with Crippen molar-refractivity contribution < 1.29 is 27.7 Å². The van der Waals surface area contributed by atoms with Crippen LogP contribution in [0.15, 0.2) is 24.3 Å². The number of hydrogen-bond donors (Lipinski definition) is 1. The molecule has 0 heterocycles. The lowest BCUT2D eigenvalue weighted by atomic mass is 10.0. The summed E-state index contributed by atoms with van der Waals surface area (Å²) >= 11 is 0. The van der Waals surface area contributed by atoms with E-state index in [1.165, 1.54) is 13.0 Å². The fourth-order valence-electron chi connectivity index (χ4n) is 1.98. The van der Waals surface area contributed by atoms with E-state index >= 15 is 0 Å². The van der Waals surface area contributed by atoms with Gasteiger partial charge in [-0.25, -0.2) is 8.78 Å². The molecule has 4 unspecified atom stereocenters. The molecule has 0 bridgehead atoms. The fourth-order valence-corrected chi connectivity index (χ4v) is 4.06. The zero-order valence-corrected chi connectivity index (χ0v) is 18.8. The molecule has 154 valence electrons. The molecule has 0 fully saturated rings. The van der Waals surface area contributed by atoms with E-state index in [2.05, 4.69) is 23.7 Å². The summed E-state index contributed by atoms with van der Waals surface area (Å²) in [7, 11) is 4.36. The number of allylic oxidation sites excluding steroid dienone is 2. The van der Waals surface area contributed by atoms with Gasteiger partial charge in [0.25, 0.3) is 5.85 Å². The minimum absolute atomic E-state index is 0.495. The second-order valence-electron chi connectivity index (χ2n) is 5.69. The van der Waals surface area contributed by atoms with Gasteiger partial charge in [0.2, 0.25) is 0 Å². The SMILES string of the molecule is [B][C@@H](C)O[C@@](F)(CF)COPC(C#CC)(C=CC)OPC(O)(C#CC)C=CC. The van der Waals surface area contributed by atoms with Gasteiger partial charge in [0.1, 0.15) is 14.5 Å². The maximum Gasteiger partial charge on any atom is 0.261 e. The standard InChI is InChI=1S/C19H27BF2O4P2/c1-6-10-18(23,11-7-2)27-26-19(12-8-3,13-9-4)28-24-15-17(22,14-21)25-16(5)20/h6,8,10,12,16,23,27-28H,14-15H2,1-5H3/t16-,17+,18?,19?/m1/s1. The molecule has 28 heavy (non-hydrogen) atoms. The van der Waals surface area contributed by atoms with E-state index in [1.54, 1.807) is 45.9 Å². The zero-order valence-electron chi connectivity index (χ0n) is 16.8. The van der Waals surface area contributed by atoms with Gasteiger partial charge in [0.05, 0.1) is 17.6 Å². The topological polar surface area (TPSA) is 47.9 Å². The highest BCUT2D eigenvalue weighted by atomic mass is 31.1. The molecule has 2 radical (unpaired) electrons. The number of ether oxygens (including phenoxy) is 1. The van der Waals surface area contributed by atoms with Gasteiger partial charge in [0, 0.05) is 6.00 Å². The Kier molecular flexibility index (Phi) is 13.1. The van der Waals surface area contributed by atoms with E-state index in [0.29, 0.717) is 0 Å². The second-order valence-corrected chi connectivity index (χ2v) is 8.09. The highest BCUT2D eigenvalue weighted by Crippen LogP contribution is 2.45. The molecular weight excluding hydrogens is 403 g/mol. The van der Waals surface area contributed by atoms with Crippen molar-refractivity contribution in [1.82, 2.24) is 0 Å². The first-order valence-electron chi connectivity index (χ1n) is 8.54. The lowest BCUT2D eigenvalue weighted by molar-refractivity contribution is -0.181. The molecule has 1 N–H and O–H groups in total. The van der Waals surface area contributed by atoms with Crippen LogP contribution in [0.5, 0.6) is 0 Å². The van der Waals surface area contributed by atoms with Crippen molar-refractivity contribution in [3.8, 4) is 23.7 Å². The monoisotopic (exact) mass is 430 g/mol. The van der Waals surface area contributed by atoms with Crippen LogP contribution in [-0.4, -0.2) is 48.8 Å². The Bertz CT molecular complexity index is 654. The van der Waals surface area contributed by atoms with Crippen LogP contribution in [-0.2, 0) is 13.8 Å².